The normalized spacial score (nSPS) is 25.5. The molecule has 0 radical (unpaired) electrons. The molecule has 2 aliphatic rings. The van der Waals surface area contributed by atoms with Crippen LogP contribution in [0.4, 0.5) is 4.79 Å². The number of carbonyl (C=O) groups is 2. The average Bonchev–Trinajstić information content (AvgIpc) is 3.14. The number of likely N-dealkylation sites (tertiary alicyclic amines) is 1. The molecular formula is C19H23NO4. The van der Waals surface area contributed by atoms with Crippen molar-refractivity contribution in [1.29, 1.82) is 0 Å². The molecule has 1 aromatic rings. The van der Waals surface area contributed by atoms with Crippen LogP contribution in [0.1, 0.15) is 25.3 Å². The highest BCUT2D eigenvalue weighted by atomic mass is 16.6. The molecule has 3 rings (SSSR count). The predicted molar refractivity (Wildman–Crippen MR) is 89.1 cm³/mol. The van der Waals surface area contributed by atoms with Gasteiger partial charge in [-0.2, -0.15) is 0 Å². The van der Waals surface area contributed by atoms with Crippen molar-refractivity contribution in [2.75, 3.05) is 13.2 Å². The van der Waals surface area contributed by atoms with E-state index in [1.54, 1.807) is 6.92 Å². The Morgan fingerprint density at radius 3 is 2.71 bits per heavy atom. The van der Waals surface area contributed by atoms with E-state index in [0.717, 1.165) is 24.0 Å². The Kier molecular flexibility index (Phi) is 4.88. The largest absolute Gasteiger partial charge is 0.464 e. The molecule has 1 saturated heterocycles. The van der Waals surface area contributed by atoms with Crippen LogP contribution in [-0.4, -0.2) is 36.2 Å². The van der Waals surface area contributed by atoms with Crippen molar-refractivity contribution < 1.29 is 19.1 Å². The van der Waals surface area contributed by atoms with Gasteiger partial charge in [-0.3, -0.25) is 4.90 Å². The van der Waals surface area contributed by atoms with Crippen LogP contribution in [0.2, 0.25) is 0 Å². The summed E-state index contributed by atoms with van der Waals surface area (Å²) in [6.45, 7) is 6.86. The molecule has 1 saturated carbocycles. The average molecular weight is 329 g/mol. The van der Waals surface area contributed by atoms with Crippen LogP contribution in [-0.2, 0) is 20.9 Å². The molecule has 1 aromatic carbocycles. The zero-order valence-corrected chi connectivity index (χ0v) is 13.9. The van der Waals surface area contributed by atoms with E-state index in [2.05, 4.69) is 6.58 Å². The van der Waals surface area contributed by atoms with Crippen LogP contribution in [0.25, 0.3) is 0 Å². The van der Waals surface area contributed by atoms with Crippen molar-refractivity contribution >= 4 is 12.1 Å². The van der Waals surface area contributed by atoms with Crippen LogP contribution in [0.5, 0.6) is 0 Å². The molecule has 0 N–H and O–H groups in total. The second kappa shape index (κ2) is 7.07. The second-order valence-electron chi connectivity index (χ2n) is 6.36. The summed E-state index contributed by atoms with van der Waals surface area (Å²) in [5.74, 6) is -0.0686. The van der Waals surface area contributed by atoms with E-state index in [9.17, 15) is 9.59 Å². The van der Waals surface area contributed by atoms with Crippen LogP contribution < -0.4 is 0 Å². The Labute approximate surface area is 142 Å². The van der Waals surface area contributed by atoms with Crippen molar-refractivity contribution in [2.24, 2.45) is 11.8 Å². The Balaban J connectivity index is 1.71. The summed E-state index contributed by atoms with van der Waals surface area (Å²) in [4.78, 5) is 26.5. The Morgan fingerprint density at radius 1 is 1.25 bits per heavy atom. The van der Waals surface area contributed by atoms with E-state index in [-0.39, 0.29) is 24.4 Å². The number of esters is 1. The fourth-order valence-corrected chi connectivity index (χ4v) is 3.76. The summed E-state index contributed by atoms with van der Waals surface area (Å²) in [5, 5.41) is 0. The lowest BCUT2D eigenvalue weighted by molar-refractivity contribution is -0.149. The monoisotopic (exact) mass is 329 g/mol. The SMILES string of the molecule is C=C1CC[C@H]2C1CN(C(=O)OCc1ccccc1)[C@@H]2C(=O)OCC. The number of ether oxygens (including phenoxy) is 2. The van der Waals surface area contributed by atoms with Crippen molar-refractivity contribution in [3.63, 3.8) is 0 Å². The molecule has 0 aromatic heterocycles. The smallest absolute Gasteiger partial charge is 0.410 e. The van der Waals surface area contributed by atoms with Gasteiger partial charge in [0, 0.05) is 12.5 Å². The zero-order chi connectivity index (χ0) is 17.1. The first-order valence-electron chi connectivity index (χ1n) is 8.43. The summed E-state index contributed by atoms with van der Waals surface area (Å²) in [7, 11) is 0. The maximum Gasteiger partial charge on any atom is 0.410 e. The third kappa shape index (κ3) is 3.16. The van der Waals surface area contributed by atoms with Gasteiger partial charge < -0.3 is 9.47 Å². The van der Waals surface area contributed by atoms with Gasteiger partial charge in [-0.05, 0) is 31.2 Å². The van der Waals surface area contributed by atoms with Gasteiger partial charge in [0.1, 0.15) is 12.6 Å². The summed E-state index contributed by atoms with van der Waals surface area (Å²) in [5.41, 5.74) is 2.04. The van der Waals surface area contributed by atoms with E-state index in [1.165, 1.54) is 4.90 Å². The van der Waals surface area contributed by atoms with Crippen molar-refractivity contribution in [3.8, 4) is 0 Å². The fraction of sp³-hybridized carbons (Fsp3) is 0.474. The van der Waals surface area contributed by atoms with Gasteiger partial charge in [0.15, 0.2) is 0 Å². The highest BCUT2D eigenvalue weighted by Gasteiger charge is 2.52. The molecule has 1 amide bonds. The van der Waals surface area contributed by atoms with Crippen molar-refractivity contribution in [2.45, 2.75) is 32.4 Å². The van der Waals surface area contributed by atoms with Crippen LogP contribution in [0, 0.1) is 11.8 Å². The second-order valence-corrected chi connectivity index (χ2v) is 6.36. The molecule has 1 unspecified atom stereocenters. The Hall–Kier alpha value is -2.30. The topological polar surface area (TPSA) is 55.8 Å². The molecule has 1 aliphatic carbocycles. The lowest BCUT2D eigenvalue weighted by Gasteiger charge is -2.25. The van der Waals surface area contributed by atoms with Crippen LogP contribution in [0.3, 0.4) is 0 Å². The van der Waals surface area contributed by atoms with Crippen LogP contribution in [0.15, 0.2) is 42.5 Å². The van der Waals surface area contributed by atoms with E-state index in [1.807, 2.05) is 30.3 Å². The molecule has 1 heterocycles. The van der Waals surface area contributed by atoms with E-state index < -0.39 is 12.1 Å². The maximum atomic E-state index is 12.5. The maximum absolute atomic E-state index is 12.5. The predicted octanol–water partition coefficient (Wildman–Crippen LogP) is 3.15. The number of hydrogen-bond donors (Lipinski definition) is 0. The molecule has 5 nitrogen and oxygen atoms in total. The fourth-order valence-electron chi connectivity index (χ4n) is 3.76. The first kappa shape index (κ1) is 16.6. The third-order valence-corrected chi connectivity index (χ3v) is 4.94. The summed E-state index contributed by atoms with van der Waals surface area (Å²) >= 11 is 0. The molecule has 0 bridgehead atoms. The number of fused-ring (bicyclic) bond motifs is 1. The first-order chi connectivity index (χ1) is 11.6. The Morgan fingerprint density at radius 2 is 2.00 bits per heavy atom. The number of hydrogen-bond acceptors (Lipinski definition) is 4. The number of nitrogens with zero attached hydrogens (tertiary/aromatic N) is 1. The molecule has 1 aliphatic heterocycles. The van der Waals surface area contributed by atoms with Crippen molar-refractivity contribution in [3.05, 3.63) is 48.0 Å². The van der Waals surface area contributed by atoms with Crippen LogP contribution >= 0.6 is 0 Å². The summed E-state index contributed by atoms with van der Waals surface area (Å²) in [6.07, 6.45) is 1.33. The zero-order valence-electron chi connectivity index (χ0n) is 13.9. The third-order valence-electron chi connectivity index (χ3n) is 4.94. The van der Waals surface area contributed by atoms with Gasteiger partial charge in [-0.1, -0.05) is 42.5 Å². The highest BCUT2D eigenvalue weighted by molar-refractivity contribution is 5.83. The van der Waals surface area contributed by atoms with E-state index in [4.69, 9.17) is 9.47 Å². The minimum Gasteiger partial charge on any atom is -0.464 e. The highest BCUT2D eigenvalue weighted by Crippen LogP contribution is 2.45. The molecular weight excluding hydrogens is 306 g/mol. The minimum absolute atomic E-state index is 0.0980. The summed E-state index contributed by atoms with van der Waals surface area (Å²) < 4.78 is 10.6. The van der Waals surface area contributed by atoms with E-state index in [0.29, 0.717) is 13.2 Å². The Bertz CT molecular complexity index is 628. The molecule has 5 heteroatoms. The molecule has 2 fully saturated rings. The molecule has 24 heavy (non-hydrogen) atoms. The standard InChI is InChI=1S/C19H23NO4/c1-3-23-18(21)17-15-10-9-13(2)16(15)11-20(17)19(22)24-12-14-7-5-4-6-8-14/h4-8,15-17H,2-3,9-12H2,1H3/t15-,16?,17-/m0/s1. The molecule has 0 spiro atoms. The number of amides is 1. The quantitative estimate of drug-likeness (QED) is 0.629. The molecule has 3 atom stereocenters. The van der Waals surface area contributed by atoms with E-state index >= 15 is 0 Å². The van der Waals surface area contributed by atoms with Gasteiger partial charge in [-0.15, -0.1) is 0 Å². The lowest BCUT2D eigenvalue weighted by Crippen LogP contribution is -2.44. The van der Waals surface area contributed by atoms with Gasteiger partial charge >= 0.3 is 12.1 Å². The number of carbonyl (C=O) groups excluding carboxylic acids is 2. The number of rotatable bonds is 4. The van der Waals surface area contributed by atoms with Crippen molar-refractivity contribution in [1.82, 2.24) is 4.90 Å². The lowest BCUT2D eigenvalue weighted by atomic mass is 9.93. The van der Waals surface area contributed by atoms with Gasteiger partial charge in [-0.25, -0.2) is 9.59 Å². The molecule has 128 valence electrons. The summed E-state index contributed by atoms with van der Waals surface area (Å²) in [6, 6.07) is 8.95. The van der Waals surface area contributed by atoms with Gasteiger partial charge in [0.05, 0.1) is 6.61 Å². The number of benzene rings is 1. The van der Waals surface area contributed by atoms with Gasteiger partial charge in [0.2, 0.25) is 0 Å². The first-order valence-corrected chi connectivity index (χ1v) is 8.43. The van der Waals surface area contributed by atoms with Gasteiger partial charge in [0.25, 0.3) is 0 Å². The minimum atomic E-state index is -0.558.